The van der Waals surface area contributed by atoms with E-state index in [-0.39, 0.29) is 10.9 Å². The van der Waals surface area contributed by atoms with Gasteiger partial charge in [0.2, 0.25) is 10.0 Å². The molecule has 1 aliphatic heterocycles. The number of imidazole rings is 1. The van der Waals surface area contributed by atoms with Crippen molar-refractivity contribution in [3.8, 4) is 5.75 Å². The highest BCUT2D eigenvalue weighted by Crippen LogP contribution is 2.36. The van der Waals surface area contributed by atoms with Gasteiger partial charge in [-0.25, -0.2) is 13.4 Å². The first-order valence-corrected chi connectivity index (χ1v) is 13.3. The molecule has 176 valence electrons. The van der Waals surface area contributed by atoms with Gasteiger partial charge in [0, 0.05) is 17.6 Å². The first-order valence-electron chi connectivity index (χ1n) is 11.4. The molecule has 0 bridgehead atoms. The van der Waals surface area contributed by atoms with Gasteiger partial charge >= 0.3 is 0 Å². The summed E-state index contributed by atoms with van der Waals surface area (Å²) < 4.78 is 34.0. The number of rotatable bonds is 8. The fourth-order valence-electron chi connectivity index (χ4n) is 4.41. The molecule has 1 aromatic heterocycles. The second-order valence-electron chi connectivity index (χ2n) is 8.47. The van der Waals surface area contributed by atoms with Gasteiger partial charge in [0.15, 0.2) is 0 Å². The molecule has 5 rings (SSSR count). The van der Waals surface area contributed by atoms with Crippen molar-refractivity contribution in [2.24, 2.45) is 0 Å². The Morgan fingerprint density at radius 3 is 2.65 bits per heavy atom. The summed E-state index contributed by atoms with van der Waals surface area (Å²) in [4.78, 5) is 8.29. The number of nitrogens with zero attached hydrogens (tertiary/aromatic N) is 2. The van der Waals surface area contributed by atoms with Gasteiger partial charge in [-0.15, -0.1) is 0 Å². The Kier molecular flexibility index (Phi) is 6.59. The first kappa shape index (κ1) is 22.9. The molecule has 1 aliphatic rings. The van der Waals surface area contributed by atoms with Crippen molar-refractivity contribution in [3.63, 3.8) is 0 Å². The van der Waals surface area contributed by atoms with Crippen LogP contribution in [0.15, 0.2) is 77.7 Å². The summed E-state index contributed by atoms with van der Waals surface area (Å²) in [5, 5.41) is 0.507. The van der Waals surface area contributed by atoms with Crippen LogP contribution >= 0.6 is 11.6 Å². The largest absolute Gasteiger partial charge is 0.494 e. The Bertz CT molecular complexity index is 1370. The second-order valence-corrected chi connectivity index (χ2v) is 10.8. The van der Waals surface area contributed by atoms with E-state index in [0.29, 0.717) is 24.0 Å². The van der Waals surface area contributed by atoms with Gasteiger partial charge in [0.1, 0.15) is 11.6 Å². The maximum atomic E-state index is 13.3. The van der Waals surface area contributed by atoms with Crippen LogP contribution in [0.25, 0.3) is 11.0 Å². The molecule has 1 unspecified atom stereocenters. The van der Waals surface area contributed by atoms with Crippen molar-refractivity contribution in [2.75, 3.05) is 13.2 Å². The smallest absolute Gasteiger partial charge is 0.243 e. The van der Waals surface area contributed by atoms with E-state index in [1.807, 2.05) is 36.4 Å². The Morgan fingerprint density at radius 2 is 1.85 bits per heavy atom. The molecule has 1 atom stereocenters. The molecule has 0 amide bonds. The van der Waals surface area contributed by atoms with E-state index in [1.165, 1.54) is 9.87 Å². The zero-order valence-electron chi connectivity index (χ0n) is 18.7. The summed E-state index contributed by atoms with van der Waals surface area (Å²) in [6, 6.07) is 22.1. The quantitative estimate of drug-likeness (QED) is 0.315. The Balaban J connectivity index is 1.29. The average Bonchev–Trinajstić information content (AvgIpc) is 3.50. The topological polar surface area (TPSA) is 75.3 Å². The zero-order chi connectivity index (χ0) is 23.5. The number of hydrogen-bond donors (Lipinski definition) is 1. The summed E-state index contributed by atoms with van der Waals surface area (Å²) in [7, 11) is -3.65. The molecule has 8 heteroatoms. The van der Waals surface area contributed by atoms with Crippen molar-refractivity contribution in [1.29, 1.82) is 0 Å². The number of aromatic amines is 1. The highest BCUT2D eigenvalue weighted by Gasteiger charge is 2.37. The van der Waals surface area contributed by atoms with E-state index in [0.717, 1.165) is 42.5 Å². The highest BCUT2D eigenvalue weighted by molar-refractivity contribution is 7.89. The van der Waals surface area contributed by atoms with Gasteiger partial charge in [-0.1, -0.05) is 41.9 Å². The molecule has 6 nitrogen and oxygen atoms in total. The molecule has 2 heterocycles. The number of ether oxygens (including phenoxy) is 1. The minimum Gasteiger partial charge on any atom is -0.494 e. The monoisotopic (exact) mass is 495 g/mol. The predicted octanol–water partition coefficient (Wildman–Crippen LogP) is 5.75. The van der Waals surface area contributed by atoms with Crippen molar-refractivity contribution >= 4 is 32.7 Å². The minimum absolute atomic E-state index is 0.242. The summed E-state index contributed by atoms with van der Waals surface area (Å²) in [5.41, 5.74) is 2.93. The number of hydrogen-bond acceptors (Lipinski definition) is 4. The van der Waals surface area contributed by atoms with Crippen molar-refractivity contribution < 1.29 is 13.2 Å². The van der Waals surface area contributed by atoms with E-state index in [9.17, 15) is 8.42 Å². The molecule has 1 fully saturated rings. The third kappa shape index (κ3) is 4.82. The lowest BCUT2D eigenvalue weighted by Crippen LogP contribution is -2.31. The Hall–Kier alpha value is -2.87. The van der Waals surface area contributed by atoms with Gasteiger partial charge in [-0.05, 0) is 67.6 Å². The maximum absolute atomic E-state index is 13.3. The van der Waals surface area contributed by atoms with E-state index in [1.54, 1.807) is 24.3 Å². The van der Waals surface area contributed by atoms with Crippen molar-refractivity contribution in [1.82, 2.24) is 14.3 Å². The van der Waals surface area contributed by atoms with E-state index in [2.05, 4.69) is 17.1 Å². The summed E-state index contributed by atoms with van der Waals surface area (Å²) in [6.45, 7) is 1.08. The van der Waals surface area contributed by atoms with E-state index >= 15 is 0 Å². The molecule has 0 aliphatic carbocycles. The number of nitrogens with one attached hydrogen (secondary N) is 1. The molecule has 3 aromatic carbocycles. The maximum Gasteiger partial charge on any atom is 0.243 e. The van der Waals surface area contributed by atoms with Crippen LogP contribution in [0.2, 0.25) is 5.02 Å². The number of aryl methyl sites for hydroxylation is 1. The number of fused-ring (bicyclic) bond motifs is 1. The third-order valence-corrected chi connectivity index (χ3v) is 8.31. The van der Waals surface area contributed by atoms with Crippen molar-refractivity contribution in [2.45, 2.75) is 36.6 Å². The fourth-order valence-corrected chi connectivity index (χ4v) is 6.20. The first-order chi connectivity index (χ1) is 16.5. The van der Waals surface area contributed by atoms with Crippen LogP contribution in [0.4, 0.5) is 0 Å². The number of sulfonamides is 1. The van der Waals surface area contributed by atoms with Crippen LogP contribution in [0, 0.1) is 0 Å². The van der Waals surface area contributed by atoms with Crippen LogP contribution in [0.1, 0.15) is 36.7 Å². The van der Waals surface area contributed by atoms with E-state index < -0.39 is 10.0 Å². The normalized spacial score (nSPS) is 16.8. The SMILES string of the molecule is O=S(=O)(c1ccc(Cl)cc1)N1CCCC1c1nc2ccc(OCCCc3ccccc3)cc2[nH]1. The lowest BCUT2D eigenvalue weighted by molar-refractivity contribution is 0.311. The molecule has 1 N–H and O–H groups in total. The molecular formula is C26H26ClN3O3S. The molecule has 1 saturated heterocycles. The van der Waals surface area contributed by atoms with Crippen molar-refractivity contribution in [3.05, 3.63) is 89.2 Å². The standard InChI is InChI=1S/C26H26ClN3O3S/c27-20-10-13-22(14-11-20)34(31,32)30-16-4-9-25(30)26-28-23-15-12-21(18-24(23)29-26)33-17-5-8-19-6-2-1-3-7-19/h1-3,6-7,10-15,18,25H,4-5,8-9,16-17H2,(H,28,29). The molecule has 34 heavy (non-hydrogen) atoms. The highest BCUT2D eigenvalue weighted by atomic mass is 35.5. The van der Waals surface area contributed by atoms with Gasteiger partial charge in [-0.2, -0.15) is 4.31 Å². The number of benzene rings is 3. The van der Waals surface area contributed by atoms with E-state index in [4.69, 9.17) is 21.3 Å². The minimum atomic E-state index is -3.65. The lowest BCUT2D eigenvalue weighted by Gasteiger charge is -2.22. The number of halogens is 1. The van der Waals surface area contributed by atoms with Crippen LogP contribution in [0.3, 0.4) is 0 Å². The average molecular weight is 496 g/mol. The summed E-state index contributed by atoms with van der Waals surface area (Å²) >= 11 is 5.94. The van der Waals surface area contributed by atoms with Crippen LogP contribution < -0.4 is 4.74 Å². The lowest BCUT2D eigenvalue weighted by atomic mass is 10.1. The summed E-state index contributed by atoms with van der Waals surface area (Å²) in [5.74, 6) is 1.43. The van der Waals surface area contributed by atoms with Gasteiger partial charge in [0.25, 0.3) is 0 Å². The Labute approximate surface area is 204 Å². The summed E-state index contributed by atoms with van der Waals surface area (Å²) in [6.07, 6.45) is 3.40. The number of aromatic nitrogens is 2. The predicted molar refractivity (Wildman–Crippen MR) is 134 cm³/mol. The molecule has 0 radical (unpaired) electrons. The molecular weight excluding hydrogens is 470 g/mol. The van der Waals surface area contributed by atoms with Gasteiger partial charge < -0.3 is 9.72 Å². The molecule has 0 spiro atoms. The van der Waals surface area contributed by atoms with Crippen LogP contribution in [-0.2, 0) is 16.4 Å². The van der Waals surface area contributed by atoms with Crippen LogP contribution in [0.5, 0.6) is 5.75 Å². The zero-order valence-corrected chi connectivity index (χ0v) is 20.2. The Morgan fingerprint density at radius 1 is 1.06 bits per heavy atom. The second kappa shape index (κ2) is 9.78. The number of H-pyrrole nitrogens is 1. The van der Waals surface area contributed by atoms with Crippen LogP contribution in [-0.4, -0.2) is 35.8 Å². The molecule has 0 saturated carbocycles. The van der Waals surface area contributed by atoms with Gasteiger partial charge in [-0.3, -0.25) is 0 Å². The fraction of sp³-hybridized carbons (Fsp3) is 0.269. The third-order valence-electron chi connectivity index (χ3n) is 6.13. The molecule has 4 aromatic rings. The van der Waals surface area contributed by atoms with Gasteiger partial charge in [0.05, 0.1) is 28.6 Å².